The molecule has 15 heteroatoms. The van der Waals surface area contributed by atoms with Crippen molar-refractivity contribution in [2.24, 2.45) is 5.92 Å². The highest BCUT2D eigenvalue weighted by molar-refractivity contribution is 7.10. The van der Waals surface area contributed by atoms with Gasteiger partial charge in [0.05, 0.1) is 79.1 Å². The van der Waals surface area contributed by atoms with Gasteiger partial charge in [0.25, 0.3) is 5.91 Å². The minimum absolute atomic E-state index is 0.0231. The van der Waals surface area contributed by atoms with Crippen LogP contribution in [-0.2, 0) is 38.1 Å². The van der Waals surface area contributed by atoms with E-state index in [1.165, 1.54) is 17.4 Å². The zero-order chi connectivity index (χ0) is 33.5. The molecule has 2 N–H and O–H groups in total. The molecule has 1 aromatic carbocycles. The molecule has 47 heavy (non-hydrogen) atoms. The van der Waals surface area contributed by atoms with Gasteiger partial charge >= 0.3 is 0 Å². The Morgan fingerprint density at radius 2 is 1.53 bits per heavy atom. The van der Waals surface area contributed by atoms with E-state index < -0.39 is 11.8 Å². The number of nitrogens with one attached hydrogen (secondary N) is 2. The van der Waals surface area contributed by atoms with Crippen LogP contribution in [0.2, 0.25) is 0 Å². The molecule has 1 saturated heterocycles. The van der Waals surface area contributed by atoms with E-state index in [-0.39, 0.29) is 23.9 Å². The standard InChI is InChI=1S/C32H43N5O9S/c1-41-27-4-2-25(3-5-27)28-22-37(32(40)26(21-33)20-30-35-8-19-47-30)23-29(28)31(39)36-7-10-43-12-14-45-16-18-46-17-15-44-13-11-42-9-6-34-24-38/h2-5,8,19-20,24,28-29H,6-7,9-18,22-23H2,1H3,(H,34,38)(H,36,39)/b26-20+/t28-,29+/m0/s1. The van der Waals surface area contributed by atoms with E-state index in [1.807, 2.05) is 30.3 Å². The predicted octanol–water partition coefficient (Wildman–Crippen LogP) is 1.25. The Labute approximate surface area is 278 Å². The molecule has 0 aliphatic carbocycles. The number of amides is 3. The van der Waals surface area contributed by atoms with Gasteiger partial charge in [-0.1, -0.05) is 12.1 Å². The van der Waals surface area contributed by atoms with Crippen LogP contribution in [0.1, 0.15) is 16.5 Å². The summed E-state index contributed by atoms with van der Waals surface area (Å²) in [4.78, 5) is 42.4. The molecule has 1 aromatic heterocycles. The lowest BCUT2D eigenvalue weighted by Crippen LogP contribution is -2.37. The number of thiazole rings is 1. The molecule has 1 fully saturated rings. The first-order valence-corrected chi connectivity index (χ1v) is 16.2. The number of carbonyl (C=O) groups excluding carboxylic acids is 3. The van der Waals surface area contributed by atoms with E-state index in [0.717, 1.165) is 5.56 Å². The lowest BCUT2D eigenvalue weighted by atomic mass is 9.88. The molecule has 0 unspecified atom stereocenters. The summed E-state index contributed by atoms with van der Waals surface area (Å²) in [5.74, 6) is -0.696. The molecule has 2 aromatic rings. The molecule has 0 bridgehead atoms. The van der Waals surface area contributed by atoms with Crippen molar-refractivity contribution in [1.29, 1.82) is 5.26 Å². The highest BCUT2D eigenvalue weighted by atomic mass is 32.1. The van der Waals surface area contributed by atoms with E-state index >= 15 is 0 Å². The molecule has 14 nitrogen and oxygen atoms in total. The van der Waals surface area contributed by atoms with Crippen molar-refractivity contribution >= 4 is 35.6 Å². The minimum atomic E-state index is -0.508. The third-order valence-electron chi connectivity index (χ3n) is 7.07. The molecule has 0 spiro atoms. The normalized spacial score (nSPS) is 16.1. The molecule has 0 radical (unpaired) electrons. The summed E-state index contributed by atoms with van der Waals surface area (Å²) in [5.41, 5.74) is 0.879. The van der Waals surface area contributed by atoms with Crippen LogP contribution in [0.15, 0.2) is 41.4 Å². The van der Waals surface area contributed by atoms with Crippen LogP contribution in [0.5, 0.6) is 5.75 Å². The molecule has 3 amide bonds. The van der Waals surface area contributed by atoms with Gasteiger partial charge in [-0.05, 0) is 23.8 Å². The van der Waals surface area contributed by atoms with Gasteiger partial charge in [-0.25, -0.2) is 4.98 Å². The average Bonchev–Trinajstić information content (AvgIpc) is 3.79. The van der Waals surface area contributed by atoms with Crippen LogP contribution < -0.4 is 15.4 Å². The zero-order valence-corrected chi connectivity index (χ0v) is 27.4. The van der Waals surface area contributed by atoms with Crippen LogP contribution in [0, 0.1) is 17.2 Å². The number of benzene rings is 1. The highest BCUT2D eigenvalue weighted by Gasteiger charge is 2.41. The number of nitriles is 1. The fourth-order valence-electron chi connectivity index (χ4n) is 4.71. The maximum atomic E-state index is 13.3. The Morgan fingerprint density at radius 1 is 0.936 bits per heavy atom. The second-order valence-corrected chi connectivity index (χ2v) is 11.1. The summed E-state index contributed by atoms with van der Waals surface area (Å²) >= 11 is 1.33. The fraction of sp³-hybridized carbons (Fsp3) is 0.531. The summed E-state index contributed by atoms with van der Waals surface area (Å²) in [5, 5.41) is 17.4. The number of likely N-dealkylation sites (tertiary alicyclic amines) is 1. The molecule has 256 valence electrons. The molecule has 3 rings (SSSR count). The fourth-order valence-corrected chi connectivity index (χ4v) is 5.28. The maximum absolute atomic E-state index is 13.3. The molecule has 0 saturated carbocycles. The van der Waals surface area contributed by atoms with Gasteiger partial charge < -0.3 is 44.0 Å². The van der Waals surface area contributed by atoms with Crippen molar-refractivity contribution in [1.82, 2.24) is 20.5 Å². The first-order valence-electron chi connectivity index (χ1n) is 15.3. The van der Waals surface area contributed by atoms with E-state index in [1.54, 1.807) is 23.6 Å². The number of methoxy groups -OCH3 is 1. The summed E-state index contributed by atoms with van der Waals surface area (Å²) in [6, 6.07) is 9.43. The topological polar surface area (TPSA) is 171 Å². The Kier molecular flexibility index (Phi) is 18.0. The molecule has 1 aliphatic heterocycles. The summed E-state index contributed by atoms with van der Waals surface area (Å²) in [6.07, 6.45) is 3.72. The van der Waals surface area contributed by atoms with E-state index in [0.29, 0.717) is 103 Å². The van der Waals surface area contributed by atoms with Crippen LogP contribution >= 0.6 is 11.3 Å². The number of aromatic nitrogens is 1. The van der Waals surface area contributed by atoms with Gasteiger partial charge in [-0.3, -0.25) is 14.4 Å². The van der Waals surface area contributed by atoms with Crippen molar-refractivity contribution < 1.29 is 42.8 Å². The monoisotopic (exact) mass is 673 g/mol. The Hall–Kier alpha value is -3.91. The van der Waals surface area contributed by atoms with Crippen LogP contribution in [0.4, 0.5) is 0 Å². The number of nitrogens with zero attached hydrogens (tertiary/aromatic N) is 3. The van der Waals surface area contributed by atoms with Crippen molar-refractivity contribution in [3.63, 3.8) is 0 Å². The van der Waals surface area contributed by atoms with Gasteiger partial charge in [-0.2, -0.15) is 5.26 Å². The highest BCUT2D eigenvalue weighted by Crippen LogP contribution is 2.34. The second-order valence-electron chi connectivity index (χ2n) is 10.2. The first kappa shape index (κ1) is 37.5. The number of hydrogen-bond donors (Lipinski definition) is 2. The third-order valence-corrected chi connectivity index (χ3v) is 7.79. The van der Waals surface area contributed by atoms with E-state index in [2.05, 4.69) is 15.6 Å². The van der Waals surface area contributed by atoms with E-state index in [4.69, 9.17) is 28.4 Å². The van der Waals surface area contributed by atoms with E-state index in [9.17, 15) is 19.6 Å². The largest absolute Gasteiger partial charge is 0.497 e. The van der Waals surface area contributed by atoms with Crippen LogP contribution in [-0.4, -0.2) is 127 Å². The van der Waals surface area contributed by atoms with Crippen LogP contribution in [0.25, 0.3) is 6.08 Å². The molecule has 2 heterocycles. The summed E-state index contributed by atoms with van der Waals surface area (Å²) < 4.78 is 32.5. The first-order chi connectivity index (χ1) is 23.1. The SMILES string of the molecule is COc1ccc([C@@H]2CN(C(=O)/C(C#N)=C/c3nccs3)C[C@H]2C(=O)NCCOCCOCCOCCOCCOCCNC=O)cc1. The third kappa shape index (κ3) is 13.8. The Balaban J connectivity index is 1.32. The molecular formula is C32H43N5O9S. The second kappa shape index (κ2) is 22.6. The lowest BCUT2D eigenvalue weighted by molar-refractivity contribution is -0.127. The minimum Gasteiger partial charge on any atom is -0.497 e. The molecular weight excluding hydrogens is 630 g/mol. The summed E-state index contributed by atoms with van der Waals surface area (Å²) in [7, 11) is 1.58. The van der Waals surface area contributed by atoms with Crippen molar-refractivity contribution in [2.75, 3.05) is 99.4 Å². The number of carbonyl (C=O) groups is 3. The smallest absolute Gasteiger partial charge is 0.264 e. The van der Waals surface area contributed by atoms with Gasteiger partial charge in [-0.15, -0.1) is 11.3 Å². The summed E-state index contributed by atoms with van der Waals surface area (Å²) in [6.45, 7) is 5.41. The van der Waals surface area contributed by atoms with Crippen molar-refractivity contribution in [3.05, 3.63) is 52.0 Å². The van der Waals surface area contributed by atoms with Gasteiger partial charge in [0, 0.05) is 43.7 Å². The van der Waals surface area contributed by atoms with Crippen molar-refractivity contribution in [2.45, 2.75) is 5.92 Å². The quantitative estimate of drug-likeness (QED) is 0.0712. The number of rotatable bonds is 24. The van der Waals surface area contributed by atoms with Gasteiger partial charge in [0.1, 0.15) is 22.4 Å². The van der Waals surface area contributed by atoms with Crippen molar-refractivity contribution in [3.8, 4) is 11.8 Å². The Morgan fingerprint density at radius 3 is 2.06 bits per heavy atom. The Bertz CT molecular complexity index is 1270. The van der Waals surface area contributed by atoms with Gasteiger partial charge in [0.2, 0.25) is 12.3 Å². The zero-order valence-electron chi connectivity index (χ0n) is 26.6. The number of ether oxygens (including phenoxy) is 6. The number of hydrogen-bond acceptors (Lipinski definition) is 12. The van der Waals surface area contributed by atoms with Gasteiger partial charge in [0.15, 0.2) is 0 Å². The average molecular weight is 674 g/mol. The lowest BCUT2D eigenvalue weighted by Gasteiger charge is -2.18. The maximum Gasteiger partial charge on any atom is 0.264 e. The van der Waals surface area contributed by atoms with Crippen LogP contribution in [0.3, 0.4) is 0 Å². The predicted molar refractivity (Wildman–Crippen MR) is 173 cm³/mol. The molecule has 2 atom stereocenters. The molecule has 1 aliphatic rings.